The minimum absolute atomic E-state index is 0.103. The Morgan fingerprint density at radius 1 is 1.40 bits per heavy atom. The Hall–Kier alpha value is -1.87. The van der Waals surface area contributed by atoms with E-state index < -0.39 is 5.54 Å². The molecule has 6 heteroatoms. The van der Waals surface area contributed by atoms with Gasteiger partial charge in [-0.2, -0.15) is 10.4 Å². The lowest BCUT2D eigenvalue weighted by Gasteiger charge is -2.31. The van der Waals surface area contributed by atoms with E-state index >= 15 is 0 Å². The van der Waals surface area contributed by atoms with Crippen LogP contribution in [0.2, 0.25) is 0 Å². The number of carbonyl (C=O) groups excluding carboxylic acids is 1. The van der Waals surface area contributed by atoms with Gasteiger partial charge in [-0.25, -0.2) is 0 Å². The molecule has 1 saturated carbocycles. The van der Waals surface area contributed by atoms with Gasteiger partial charge in [0, 0.05) is 18.9 Å². The minimum atomic E-state index is -0.640. The van der Waals surface area contributed by atoms with Crippen molar-refractivity contribution in [3.05, 3.63) is 18.5 Å². The van der Waals surface area contributed by atoms with Crippen LogP contribution < -0.4 is 10.6 Å². The molecule has 1 aliphatic rings. The summed E-state index contributed by atoms with van der Waals surface area (Å²) in [7, 11) is 0. The molecule has 1 heterocycles. The van der Waals surface area contributed by atoms with E-state index in [0.29, 0.717) is 6.54 Å². The van der Waals surface area contributed by atoms with E-state index in [-0.39, 0.29) is 12.5 Å². The van der Waals surface area contributed by atoms with Crippen molar-refractivity contribution in [2.75, 3.05) is 13.1 Å². The molecule has 1 amide bonds. The zero-order valence-corrected chi connectivity index (χ0v) is 11.6. The summed E-state index contributed by atoms with van der Waals surface area (Å²) in [5.41, 5.74) is -0.640. The number of amides is 1. The van der Waals surface area contributed by atoms with Crippen LogP contribution in [0.25, 0.3) is 0 Å². The number of nitrogens with zero attached hydrogens (tertiary/aromatic N) is 3. The summed E-state index contributed by atoms with van der Waals surface area (Å²) in [4.78, 5) is 11.9. The Bertz CT molecular complexity index is 456. The van der Waals surface area contributed by atoms with Gasteiger partial charge in [0.25, 0.3) is 0 Å². The molecular formula is C14H21N5O. The Labute approximate surface area is 119 Å². The Morgan fingerprint density at radius 2 is 2.20 bits per heavy atom. The monoisotopic (exact) mass is 275 g/mol. The molecule has 0 bridgehead atoms. The van der Waals surface area contributed by atoms with Gasteiger partial charge in [-0.15, -0.1) is 0 Å². The molecule has 108 valence electrons. The molecule has 20 heavy (non-hydrogen) atoms. The molecule has 1 aliphatic carbocycles. The molecule has 0 unspecified atom stereocenters. The van der Waals surface area contributed by atoms with Crippen molar-refractivity contribution >= 4 is 5.91 Å². The van der Waals surface area contributed by atoms with Crippen LogP contribution in [0.4, 0.5) is 0 Å². The largest absolute Gasteiger partial charge is 0.337 e. The first-order chi connectivity index (χ1) is 9.74. The zero-order chi connectivity index (χ0) is 14.3. The van der Waals surface area contributed by atoms with Gasteiger partial charge in [-0.05, 0) is 18.9 Å². The van der Waals surface area contributed by atoms with Gasteiger partial charge in [0.15, 0.2) is 0 Å². The third-order valence-electron chi connectivity index (χ3n) is 3.66. The standard InChI is InChI=1S/C14H21N5O/c15-12-14(5-2-1-3-6-14)18-13(20)11-16-8-10-19-9-4-7-17-19/h4,7,9,16H,1-3,5-6,8,10-11H2,(H,18,20). The molecule has 6 nitrogen and oxygen atoms in total. The first-order valence-electron chi connectivity index (χ1n) is 7.14. The van der Waals surface area contributed by atoms with Gasteiger partial charge in [-0.1, -0.05) is 19.3 Å². The van der Waals surface area contributed by atoms with Gasteiger partial charge in [-0.3, -0.25) is 9.48 Å². The molecule has 0 saturated heterocycles. The highest BCUT2D eigenvalue weighted by atomic mass is 16.2. The van der Waals surface area contributed by atoms with E-state index in [1.165, 1.54) is 0 Å². The second kappa shape index (κ2) is 7.06. The predicted octanol–water partition coefficient (Wildman–Crippen LogP) is 0.815. The van der Waals surface area contributed by atoms with E-state index in [4.69, 9.17) is 0 Å². The van der Waals surface area contributed by atoms with Crippen LogP contribution in [0.15, 0.2) is 18.5 Å². The third kappa shape index (κ3) is 4.07. The molecular weight excluding hydrogens is 254 g/mol. The Kier molecular flexibility index (Phi) is 5.13. The van der Waals surface area contributed by atoms with Gasteiger partial charge >= 0.3 is 0 Å². The lowest BCUT2D eigenvalue weighted by Crippen LogP contribution is -2.51. The summed E-state index contributed by atoms with van der Waals surface area (Å²) in [6, 6.07) is 4.15. The van der Waals surface area contributed by atoms with Crippen molar-refractivity contribution in [1.29, 1.82) is 5.26 Å². The fourth-order valence-electron chi connectivity index (χ4n) is 2.56. The molecule has 1 fully saturated rings. The highest BCUT2D eigenvalue weighted by molar-refractivity contribution is 5.79. The van der Waals surface area contributed by atoms with E-state index in [9.17, 15) is 10.1 Å². The van der Waals surface area contributed by atoms with Crippen LogP contribution in [0.3, 0.4) is 0 Å². The number of rotatable bonds is 6. The van der Waals surface area contributed by atoms with Gasteiger partial charge in [0.1, 0.15) is 5.54 Å². The van der Waals surface area contributed by atoms with Gasteiger partial charge in [0.2, 0.25) is 5.91 Å². The van der Waals surface area contributed by atoms with Crippen molar-refractivity contribution in [2.45, 2.75) is 44.2 Å². The quantitative estimate of drug-likeness (QED) is 0.753. The van der Waals surface area contributed by atoms with E-state index in [1.54, 1.807) is 6.20 Å². The number of nitrogens with one attached hydrogen (secondary N) is 2. The summed E-state index contributed by atoms with van der Waals surface area (Å²) in [6.07, 6.45) is 8.33. The number of hydrogen-bond donors (Lipinski definition) is 2. The van der Waals surface area contributed by atoms with Crippen molar-refractivity contribution < 1.29 is 4.79 Å². The third-order valence-corrected chi connectivity index (χ3v) is 3.66. The summed E-state index contributed by atoms with van der Waals surface area (Å²) in [5.74, 6) is -0.103. The fraction of sp³-hybridized carbons (Fsp3) is 0.643. The van der Waals surface area contributed by atoms with Crippen LogP contribution in [-0.2, 0) is 11.3 Å². The topological polar surface area (TPSA) is 82.7 Å². The van der Waals surface area contributed by atoms with Gasteiger partial charge in [0.05, 0.1) is 19.2 Å². The molecule has 0 atom stereocenters. The number of hydrogen-bond acceptors (Lipinski definition) is 4. The highest BCUT2D eigenvalue weighted by Gasteiger charge is 2.33. The van der Waals surface area contributed by atoms with Crippen LogP contribution in [0.5, 0.6) is 0 Å². The summed E-state index contributed by atoms with van der Waals surface area (Å²) in [6.45, 7) is 1.64. The predicted molar refractivity (Wildman–Crippen MR) is 74.7 cm³/mol. The lowest BCUT2D eigenvalue weighted by atomic mass is 9.83. The molecule has 0 aliphatic heterocycles. The number of aromatic nitrogens is 2. The first-order valence-corrected chi connectivity index (χ1v) is 7.14. The maximum absolute atomic E-state index is 11.9. The highest BCUT2D eigenvalue weighted by Crippen LogP contribution is 2.27. The molecule has 0 spiro atoms. The summed E-state index contributed by atoms with van der Waals surface area (Å²) in [5, 5.41) is 19.3. The fourth-order valence-corrected chi connectivity index (χ4v) is 2.56. The smallest absolute Gasteiger partial charge is 0.235 e. The summed E-state index contributed by atoms with van der Waals surface area (Å²) >= 11 is 0. The molecule has 0 radical (unpaired) electrons. The molecule has 2 rings (SSSR count). The normalized spacial score (nSPS) is 17.4. The van der Waals surface area contributed by atoms with Crippen molar-refractivity contribution in [3.8, 4) is 6.07 Å². The molecule has 2 N–H and O–H groups in total. The minimum Gasteiger partial charge on any atom is -0.337 e. The van der Waals surface area contributed by atoms with Crippen LogP contribution in [0, 0.1) is 11.3 Å². The van der Waals surface area contributed by atoms with Crippen LogP contribution in [-0.4, -0.2) is 34.3 Å². The molecule has 1 aromatic heterocycles. The zero-order valence-electron chi connectivity index (χ0n) is 11.6. The average Bonchev–Trinajstić information content (AvgIpc) is 2.98. The Balaban J connectivity index is 1.68. The van der Waals surface area contributed by atoms with Crippen LogP contribution >= 0.6 is 0 Å². The lowest BCUT2D eigenvalue weighted by molar-refractivity contribution is -0.121. The van der Waals surface area contributed by atoms with Crippen LogP contribution in [0.1, 0.15) is 32.1 Å². The molecule has 0 aromatic carbocycles. The second-order valence-corrected chi connectivity index (χ2v) is 5.25. The van der Waals surface area contributed by atoms with Gasteiger partial charge < -0.3 is 10.6 Å². The summed E-state index contributed by atoms with van der Waals surface area (Å²) < 4.78 is 1.81. The van der Waals surface area contributed by atoms with Crippen molar-refractivity contribution in [2.24, 2.45) is 0 Å². The van der Waals surface area contributed by atoms with E-state index in [2.05, 4.69) is 21.8 Å². The van der Waals surface area contributed by atoms with Crippen molar-refractivity contribution in [1.82, 2.24) is 20.4 Å². The number of carbonyl (C=O) groups is 1. The SMILES string of the molecule is N#CC1(NC(=O)CNCCn2cccn2)CCCCC1. The van der Waals surface area contributed by atoms with E-state index in [1.807, 2.05) is 16.9 Å². The Morgan fingerprint density at radius 3 is 2.85 bits per heavy atom. The number of nitriles is 1. The van der Waals surface area contributed by atoms with Crippen molar-refractivity contribution in [3.63, 3.8) is 0 Å². The first kappa shape index (κ1) is 14.5. The average molecular weight is 275 g/mol. The maximum Gasteiger partial charge on any atom is 0.235 e. The second-order valence-electron chi connectivity index (χ2n) is 5.25. The van der Waals surface area contributed by atoms with E-state index in [0.717, 1.165) is 38.6 Å². The maximum atomic E-state index is 11.9. The molecule has 1 aromatic rings.